The van der Waals surface area contributed by atoms with Gasteiger partial charge in [0, 0.05) is 18.1 Å². The van der Waals surface area contributed by atoms with Gasteiger partial charge in [-0.3, -0.25) is 4.90 Å². The second kappa shape index (κ2) is 10.1. The Kier molecular flexibility index (Phi) is 8.88. The first-order valence-corrected chi connectivity index (χ1v) is 7.65. The van der Waals surface area contributed by atoms with Gasteiger partial charge in [-0.15, -0.1) is 0 Å². The third kappa shape index (κ3) is 9.06. The lowest BCUT2D eigenvalue weighted by atomic mass is 10.2. The molecule has 0 aliphatic carbocycles. The summed E-state index contributed by atoms with van der Waals surface area (Å²) in [4.78, 5) is 2.05. The van der Waals surface area contributed by atoms with Crippen molar-refractivity contribution in [3.63, 3.8) is 0 Å². The van der Waals surface area contributed by atoms with Crippen LogP contribution in [0.2, 0.25) is 5.02 Å². The Hall–Kier alpha value is -0.650. The van der Waals surface area contributed by atoms with E-state index in [1.165, 1.54) is 0 Å². The zero-order valence-electron chi connectivity index (χ0n) is 13.1. The summed E-state index contributed by atoms with van der Waals surface area (Å²) in [6.07, 6.45) is -0.296. The number of aliphatic hydroxyl groups excluding tert-OH is 1. The lowest BCUT2D eigenvalue weighted by Gasteiger charge is -2.20. The number of halogens is 1. The molecule has 120 valence electrons. The fourth-order valence-corrected chi connectivity index (χ4v) is 2.20. The summed E-state index contributed by atoms with van der Waals surface area (Å²) in [5.74, 6) is 0. The van der Waals surface area contributed by atoms with Crippen LogP contribution in [0.15, 0.2) is 24.3 Å². The largest absolute Gasteiger partial charge is 0.389 e. The van der Waals surface area contributed by atoms with E-state index in [-0.39, 0.29) is 6.10 Å². The lowest BCUT2D eigenvalue weighted by Crippen LogP contribution is -2.32. The normalized spacial score (nSPS) is 13.1. The Balaban J connectivity index is 2.17. The molecule has 5 heteroatoms. The minimum Gasteiger partial charge on any atom is -0.389 e. The van der Waals surface area contributed by atoms with Crippen LogP contribution in [0.3, 0.4) is 0 Å². The number of ether oxygens (including phenoxy) is 2. The van der Waals surface area contributed by atoms with Crippen molar-refractivity contribution in [1.29, 1.82) is 0 Å². The quantitative estimate of drug-likeness (QED) is 0.674. The molecule has 1 aromatic rings. The Morgan fingerprint density at radius 1 is 1.29 bits per heavy atom. The molecule has 1 N–H and O–H groups in total. The fourth-order valence-electron chi connectivity index (χ4n) is 1.99. The average Bonchev–Trinajstić information content (AvgIpc) is 2.37. The van der Waals surface area contributed by atoms with Crippen molar-refractivity contribution in [2.75, 3.05) is 33.4 Å². The maximum atomic E-state index is 9.93. The second-order valence-electron chi connectivity index (χ2n) is 5.47. The van der Waals surface area contributed by atoms with Crippen LogP contribution in [0.25, 0.3) is 0 Å². The maximum absolute atomic E-state index is 9.93. The van der Waals surface area contributed by atoms with Crippen LogP contribution in [-0.2, 0) is 16.0 Å². The summed E-state index contributed by atoms with van der Waals surface area (Å²) in [6, 6.07) is 7.74. The van der Waals surface area contributed by atoms with Crippen molar-refractivity contribution in [1.82, 2.24) is 4.90 Å². The van der Waals surface area contributed by atoms with Gasteiger partial charge < -0.3 is 14.6 Å². The molecule has 0 aliphatic rings. The van der Waals surface area contributed by atoms with Gasteiger partial charge in [0.1, 0.15) is 0 Å². The van der Waals surface area contributed by atoms with Crippen molar-refractivity contribution in [3.8, 4) is 0 Å². The van der Waals surface area contributed by atoms with Crippen molar-refractivity contribution >= 4 is 11.6 Å². The number of hydrogen-bond acceptors (Lipinski definition) is 4. The van der Waals surface area contributed by atoms with E-state index in [0.717, 1.165) is 17.1 Å². The highest BCUT2D eigenvalue weighted by molar-refractivity contribution is 6.30. The van der Waals surface area contributed by atoms with Gasteiger partial charge >= 0.3 is 0 Å². The van der Waals surface area contributed by atoms with Gasteiger partial charge in [-0.25, -0.2) is 0 Å². The number of hydrogen-bond donors (Lipinski definition) is 1. The van der Waals surface area contributed by atoms with Crippen LogP contribution >= 0.6 is 11.6 Å². The highest BCUT2D eigenvalue weighted by atomic mass is 35.5. The average molecular weight is 316 g/mol. The summed E-state index contributed by atoms with van der Waals surface area (Å²) in [5.41, 5.74) is 1.13. The van der Waals surface area contributed by atoms with Crippen LogP contribution in [0, 0.1) is 0 Å². The number of likely N-dealkylation sites (N-methyl/N-ethyl adjacent to an activating group) is 1. The highest BCUT2D eigenvalue weighted by Crippen LogP contribution is 2.12. The van der Waals surface area contributed by atoms with Crippen LogP contribution in [0.1, 0.15) is 19.4 Å². The van der Waals surface area contributed by atoms with Crippen LogP contribution in [-0.4, -0.2) is 55.6 Å². The van der Waals surface area contributed by atoms with E-state index in [1.54, 1.807) is 0 Å². The molecular weight excluding hydrogens is 290 g/mol. The summed E-state index contributed by atoms with van der Waals surface area (Å²) in [6.45, 7) is 6.66. The summed E-state index contributed by atoms with van der Waals surface area (Å²) < 4.78 is 10.8. The third-order valence-corrected chi connectivity index (χ3v) is 3.09. The molecule has 0 bridgehead atoms. The molecule has 0 saturated carbocycles. The number of benzene rings is 1. The second-order valence-corrected chi connectivity index (χ2v) is 5.91. The van der Waals surface area contributed by atoms with Gasteiger partial charge in [0.25, 0.3) is 0 Å². The minimum atomic E-state index is -0.506. The Morgan fingerprint density at radius 2 is 2.05 bits per heavy atom. The van der Waals surface area contributed by atoms with Gasteiger partial charge in [-0.05, 0) is 38.6 Å². The molecule has 1 atom stereocenters. The fraction of sp³-hybridized carbons (Fsp3) is 0.625. The van der Waals surface area contributed by atoms with Crippen molar-refractivity contribution in [3.05, 3.63) is 34.9 Å². The Morgan fingerprint density at radius 3 is 2.71 bits per heavy atom. The van der Waals surface area contributed by atoms with E-state index in [9.17, 15) is 5.11 Å². The van der Waals surface area contributed by atoms with Gasteiger partial charge in [-0.1, -0.05) is 23.7 Å². The van der Waals surface area contributed by atoms with Crippen molar-refractivity contribution < 1.29 is 14.6 Å². The zero-order valence-corrected chi connectivity index (χ0v) is 13.8. The molecule has 1 unspecified atom stereocenters. The number of aliphatic hydroxyl groups is 1. The molecule has 0 aromatic heterocycles. The van der Waals surface area contributed by atoms with Gasteiger partial charge in [0.2, 0.25) is 0 Å². The molecule has 0 fully saturated rings. The molecule has 1 rings (SSSR count). The molecule has 0 aliphatic heterocycles. The predicted octanol–water partition coefficient (Wildman–Crippen LogP) is 2.57. The van der Waals surface area contributed by atoms with E-state index in [4.69, 9.17) is 21.1 Å². The minimum absolute atomic E-state index is 0.211. The third-order valence-electron chi connectivity index (χ3n) is 2.85. The topological polar surface area (TPSA) is 41.9 Å². The monoisotopic (exact) mass is 315 g/mol. The number of nitrogens with zero attached hydrogens (tertiary/aromatic N) is 1. The standard InChI is InChI=1S/C16H26ClNO3/c1-13(2)21-8-7-20-12-16(19)11-18(3)10-14-5-4-6-15(17)9-14/h4-6,9,13,16,19H,7-8,10-12H2,1-3H3. The first kappa shape index (κ1) is 18.4. The SMILES string of the molecule is CC(C)OCCOCC(O)CN(C)Cc1cccc(Cl)c1. The van der Waals surface area contributed by atoms with Crippen molar-refractivity contribution in [2.45, 2.75) is 32.6 Å². The Bertz CT molecular complexity index is 401. The Labute approximate surface area is 132 Å². The predicted molar refractivity (Wildman–Crippen MR) is 85.7 cm³/mol. The van der Waals surface area contributed by atoms with E-state index in [2.05, 4.69) is 0 Å². The molecule has 0 amide bonds. The van der Waals surface area contributed by atoms with Crippen LogP contribution in [0.5, 0.6) is 0 Å². The first-order chi connectivity index (χ1) is 9.97. The summed E-state index contributed by atoms with van der Waals surface area (Å²) >= 11 is 5.95. The highest BCUT2D eigenvalue weighted by Gasteiger charge is 2.09. The molecule has 0 saturated heterocycles. The summed E-state index contributed by atoms with van der Waals surface area (Å²) in [5, 5.41) is 10.7. The van der Waals surface area contributed by atoms with E-state index < -0.39 is 6.10 Å². The smallest absolute Gasteiger partial charge is 0.0900 e. The maximum Gasteiger partial charge on any atom is 0.0900 e. The molecule has 0 heterocycles. The van der Waals surface area contributed by atoms with E-state index in [1.807, 2.05) is 50.1 Å². The zero-order chi connectivity index (χ0) is 15.7. The van der Waals surface area contributed by atoms with Gasteiger partial charge in [0.05, 0.1) is 32.0 Å². The van der Waals surface area contributed by atoms with Gasteiger partial charge in [0.15, 0.2) is 0 Å². The summed E-state index contributed by atoms with van der Waals surface area (Å²) in [7, 11) is 1.96. The van der Waals surface area contributed by atoms with Crippen LogP contribution < -0.4 is 0 Å². The van der Waals surface area contributed by atoms with E-state index in [0.29, 0.717) is 26.4 Å². The molecular formula is C16H26ClNO3. The molecule has 4 nitrogen and oxygen atoms in total. The van der Waals surface area contributed by atoms with Crippen LogP contribution in [0.4, 0.5) is 0 Å². The first-order valence-electron chi connectivity index (χ1n) is 7.27. The molecule has 21 heavy (non-hydrogen) atoms. The van der Waals surface area contributed by atoms with E-state index >= 15 is 0 Å². The number of rotatable bonds is 10. The lowest BCUT2D eigenvalue weighted by molar-refractivity contribution is -0.0174. The van der Waals surface area contributed by atoms with Crippen molar-refractivity contribution in [2.24, 2.45) is 0 Å². The molecule has 0 spiro atoms. The molecule has 0 radical (unpaired) electrons. The van der Waals surface area contributed by atoms with Gasteiger partial charge in [-0.2, -0.15) is 0 Å². The molecule has 1 aromatic carbocycles.